The highest BCUT2D eigenvalue weighted by molar-refractivity contribution is 5.54. The maximum atomic E-state index is 5.16. The molecule has 0 spiro atoms. The molecule has 0 radical (unpaired) electrons. The highest BCUT2D eigenvalue weighted by atomic mass is 16.5. The van der Waals surface area contributed by atoms with Crippen molar-refractivity contribution in [2.45, 2.75) is 6.42 Å². The van der Waals surface area contributed by atoms with Gasteiger partial charge in [0.05, 0.1) is 31.3 Å². The second-order valence-corrected chi connectivity index (χ2v) is 4.93. The highest BCUT2D eigenvalue weighted by Gasteiger charge is 2.06. The van der Waals surface area contributed by atoms with Crippen LogP contribution in [0.2, 0.25) is 0 Å². The Morgan fingerprint density at radius 3 is 1.87 bits per heavy atom. The van der Waals surface area contributed by atoms with E-state index in [1.54, 1.807) is 14.2 Å². The second-order valence-electron chi connectivity index (χ2n) is 4.93. The Balaban J connectivity index is 1.87. The van der Waals surface area contributed by atoms with Crippen LogP contribution in [0.25, 0.3) is 11.4 Å². The molecule has 0 saturated heterocycles. The third kappa shape index (κ3) is 3.63. The fourth-order valence-corrected chi connectivity index (χ4v) is 2.25. The van der Waals surface area contributed by atoms with Gasteiger partial charge in [0.2, 0.25) is 11.8 Å². The summed E-state index contributed by atoms with van der Waals surface area (Å²) in [5.74, 6) is 1.18. The van der Waals surface area contributed by atoms with Crippen molar-refractivity contribution >= 4 is 0 Å². The van der Waals surface area contributed by atoms with Gasteiger partial charge in [-0.05, 0) is 24.3 Å². The van der Waals surface area contributed by atoms with Crippen LogP contribution in [0.5, 0.6) is 11.8 Å². The van der Waals surface area contributed by atoms with E-state index in [1.165, 1.54) is 0 Å². The van der Waals surface area contributed by atoms with Crippen molar-refractivity contribution in [3.63, 3.8) is 0 Å². The Morgan fingerprint density at radius 2 is 1.17 bits per heavy atom. The van der Waals surface area contributed by atoms with E-state index in [0.717, 1.165) is 22.8 Å². The molecule has 3 rings (SSSR count). The first-order valence-electron chi connectivity index (χ1n) is 7.26. The van der Waals surface area contributed by atoms with Crippen LogP contribution in [0, 0.1) is 0 Å². The Labute approximate surface area is 135 Å². The van der Waals surface area contributed by atoms with E-state index in [-0.39, 0.29) is 0 Å². The smallest absolute Gasteiger partial charge is 0.213 e. The van der Waals surface area contributed by atoms with Crippen LogP contribution in [0.1, 0.15) is 11.4 Å². The Hall–Kier alpha value is -2.95. The summed E-state index contributed by atoms with van der Waals surface area (Å²) >= 11 is 0. The molecular weight excluding hydrogens is 290 g/mol. The molecule has 0 atom stereocenters. The molecule has 0 bridgehead atoms. The maximum absolute atomic E-state index is 5.16. The molecule has 0 aliphatic rings. The topological polar surface area (TPSA) is 57.1 Å². The monoisotopic (exact) mass is 307 g/mol. The number of hydrogen-bond acceptors (Lipinski definition) is 5. The van der Waals surface area contributed by atoms with Crippen LogP contribution >= 0.6 is 0 Å². The zero-order chi connectivity index (χ0) is 16.1. The minimum absolute atomic E-state index is 0.573. The van der Waals surface area contributed by atoms with Gasteiger partial charge in [0, 0.05) is 24.2 Å². The molecule has 0 fully saturated rings. The van der Waals surface area contributed by atoms with Crippen molar-refractivity contribution in [2.75, 3.05) is 14.2 Å². The van der Waals surface area contributed by atoms with Crippen LogP contribution in [0.4, 0.5) is 0 Å². The average Bonchev–Trinajstić information content (AvgIpc) is 2.62. The molecular formula is C18H17N3O2. The van der Waals surface area contributed by atoms with Crippen molar-refractivity contribution in [1.29, 1.82) is 0 Å². The molecule has 0 unspecified atom stereocenters. The summed E-state index contributed by atoms with van der Waals surface area (Å²) in [7, 11) is 3.21. The molecule has 5 nitrogen and oxygen atoms in total. The van der Waals surface area contributed by atoms with Gasteiger partial charge in [-0.15, -0.1) is 0 Å². The van der Waals surface area contributed by atoms with Gasteiger partial charge in [-0.2, -0.15) is 0 Å². The molecule has 0 saturated carbocycles. The molecule has 116 valence electrons. The van der Waals surface area contributed by atoms with Gasteiger partial charge in [0.15, 0.2) is 0 Å². The van der Waals surface area contributed by atoms with Crippen molar-refractivity contribution in [3.8, 4) is 23.1 Å². The third-order valence-electron chi connectivity index (χ3n) is 3.35. The summed E-state index contributed by atoms with van der Waals surface area (Å²) in [6.45, 7) is 0. The number of ether oxygens (including phenoxy) is 2. The molecule has 0 aliphatic heterocycles. The van der Waals surface area contributed by atoms with E-state index >= 15 is 0 Å². The number of pyridine rings is 3. The van der Waals surface area contributed by atoms with Gasteiger partial charge in [-0.1, -0.05) is 18.2 Å². The first kappa shape index (κ1) is 15.0. The zero-order valence-electron chi connectivity index (χ0n) is 13.1. The average molecular weight is 307 g/mol. The van der Waals surface area contributed by atoms with Crippen molar-refractivity contribution < 1.29 is 9.47 Å². The molecule has 3 heterocycles. The molecule has 23 heavy (non-hydrogen) atoms. The molecule has 0 aromatic carbocycles. The first-order valence-corrected chi connectivity index (χ1v) is 7.26. The van der Waals surface area contributed by atoms with Gasteiger partial charge in [0.25, 0.3) is 0 Å². The second kappa shape index (κ2) is 6.87. The number of hydrogen-bond donors (Lipinski definition) is 0. The lowest BCUT2D eigenvalue weighted by Gasteiger charge is -2.06. The van der Waals surface area contributed by atoms with Gasteiger partial charge < -0.3 is 9.47 Å². The van der Waals surface area contributed by atoms with E-state index in [1.807, 2.05) is 54.6 Å². The molecule has 0 amide bonds. The third-order valence-corrected chi connectivity index (χ3v) is 3.35. The van der Waals surface area contributed by atoms with Crippen LogP contribution in [0.15, 0.2) is 54.6 Å². The zero-order valence-corrected chi connectivity index (χ0v) is 13.1. The summed E-state index contributed by atoms with van der Waals surface area (Å²) in [4.78, 5) is 13.5. The fraction of sp³-hybridized carbons (Fsp3) is 0.167. The van der Waals surface area contributed by atoms with Crippen molar-refractivity contribution in [1.82, 2.24) is 15.0 Å². The van der Waals surface area contributed by atoms with E-state index in [0.29, 0.717) is 18.2 Å². The van der Waals surface area contributed by atoms with E-state index in [9.17, 15) is 0 Å². The fourth-order valence-electron chi connectivity index (χ4n) is 2.25. The minimum Gasteiger partial charge on any atom is -0.481 e. The predicted molar refractivity (Wildman–Crippen MR) is 87.6 cm³/mol. The van der Waals surface area contributed by atoms with Crippen LogP contribution < -0.4 is 9.47 Å². The summed E-state index contributed by atoms with van der Waals surface area (Å²) in [6, 6.07) is 17.2. The first-order chi connectivity index (χ1) is 11.3. The molecule has 0 N–H and O–H groups in total. The lowest BCUT2D eigenvalue weighted by Crippen LogP contribution is -1.98. The SMILES string of the molecule is COc1cccc(Cc2cccc(-c3cccc(OC)n3)n2)n1. The number of aromatic nitrogens is 3. The summed E-state index contributed by atoms with van der Waals surface area (Å²) in [6.07, 6.45) is 0.634. The maximum Gasteiger partial charge on any atom is 0.213 e. The lowest BCUT2D eigenvalue weighted by molar-refractivity contribution is 0.396. The lowest BCUT2D eigenvalue weighted by atomic mass is 10.1. The normalized spacial score (nSPS) is 10.3. The number of rotatable bonds is 5. The Bertz CT molecular complexity index is 806. The minimum atomic E-state index is 0.573. The molecule has 3 aromatic heterocycles. The molecule has 3 aromatic rings. The van der Waals surface area contributed by atoms with E-state index in [4.69, 9.17) is 9.47 Å². The van der Waals surface area contributed by atoms with Crippen LogP contribution in [-0.4, -0.2) is 29.2 Å². The van der Waals surface area contributed by atoms with E-state index < -0.39 is 0 Å². The largest absolute Gasteiger partial charge is 0.481 e. The van der Waals surface area contributed by atoms with Gasteiger partial charge >= 0.3 is 0 Å². The van der Waals surface area contributed by atoms with Crippen molar-refractivity contribution in [2.24, 2.45) is 0 Å². The Morgan fingerprint density at radius 1 is 0.652 bits per heavy atom. The quantitative estimate of drug-likeness (QED) is 0.725. The van der Waals surface area contributed by atoms with Gasteiger partial charge in [-0.25, -0.2) is 9.97 Å². The van der Waals surface area contributed by atoms with Gasteiger partial charge in [-0.3, -0.25) is 4.98 Å². The van der Waals surface area contributed by atoms with Gasteiger partial charge in [0.1, 0.15) is 0 Å². The van der Waals surface area contributed by atoms with Crippen LogP contribution in [-0.2, 0) is 6.42 Å². The molecule has 5 heteroatoms. The van der Waals surface area contributed by atoms with E-state index in [2.05, 4.69) is 15.0 Å². The van der Waals surface area contributed by atoms with Crippen LogP contribution in [0.3, 0.4) is 0 Å². The highest BCUT2D eigenvalue weighted by Crippen LogP contribution is 2.19. The number of methoxy groups -OCH3 is 2. The molecule has 0 aliphatic carbocycles. The standard InChI is InChI=1S/C18H17N3O2/c1-22-17-10-4-7-14(20-17)12-13-6-3-8-15(19-13)16-9-5-11-18(21-16)23-2/h3-11H,12H2,1-2H3. The summed E-state index contributed by atoms with van der Waals surface area (Å²) in [5.41, 5.74) is 3.43. The summed E-state index contributed by atoms with van der Waals surface area (Å²) < 4.78 is 10.3. The Kier molecular flexibility index (Phi) is 4.47. The van der Waals surface area contributed by atoms with Crippen molar-refractivity contribution in [3.05, 3.63) is 66.0 Å². The number of nitrogens with zero attached hydrogens (tertiary/aromatic N) is 3. The summed E-state index contributed by atoms with van der Waals surface area (Å²) in [5, 5.41) is 0. The predicted octanol–water partition coefficient (Wildman–Crippen LogP) is 3.15.